The molecule has 0 spiro atoms. The minimum absolute atomic E-state index is 0.402. The van der Waals surface area contributed by atoms with E-state index in [-0.39, 0.29) is 0 Å². The highest BCUT2D eigenvalue weighted by Gasteiger charge is 2.14. The Morgan fingerprint density at radius 2 is 2.11 bits per heavy atom. The van der Waals surface area contributed by atoms with E-state index in [1.54, 1.807) is 0 Å². The van der Waals surface area contributed by atoms with Crippen LogP contribution in [0.25, 0.3) is 6.08 Å². The monoisotopic (exact) mass is 281 g/mol. The van der Waals surface area contributed by atoms with E-state index in [0.29, 0.717) is 11.6 Å². The van der Waals surface area contributed by atoms with Gasteiger partial charge in [0.1, 0.15) is 5.60 Å². The molecule has 1 N–H and O–H groups in total. The van der Waals surface area contributed by atoms with Gasteiger partial charge in [0.25, 0.3) is 0 Å². The van der Waals surface area contributed by atoms with Crippen molar-refractivity contribution in [3.05, 3.63) is 40.4 Å². The van der Waals surface area contributed by atoms with Crippen molar-refractivity contribution in [2.24, 2.45) is 0 Å². The van der Waals surface area contributed by atoms with Gasteiger partial charge in [-0.3, -0.25) is 0 Å². The van der Waals surface area contributed by atoms with Crippen molar-refractivity contribution in [2.75, 3.05) is 6.54 Å². The van der Waals surface area contributed by atoms with Crippen LogP contribution in [0.3, 0.4) is 0 Å². The molecule has 0 unspecified atom stereocenters. The molecule has 0 heterocycles. The molecule has 0 fully saturated rings. The molecule has 1 aromatic carbocycles. The maximum absolute atomic E-state index is 11.4. The van der Waals surface area contributed by atoms with Crippen LogP contribution in [-0.4, -0.2) is 18.2 Å². The third kappa shape index (κ3) is 6.30. The van der Waals surface area contributed by atoms with Gasteiger partial charge in [0.2, 0.25) is 0 Å². The number of hydrogen-bond acceptors (Lipinski definition) is 2. The number of amides is 1. The summed E-state index contributed by atoms with van der Waals surface area (Å²) in [5.41, 5.74) is 1.60. The fourth-order valence-corrected chi connectivity index (χ4v) is 1.61. The number of halogens is 1. The topological polar surface area (TPSA) is 38.3 Å². The predicted molar refractivity (Wildman–Crippen MR) is 79.5 cm³/mol. The number of ether oxygens (including phenoxy) is 1. The molecular formula is C15H20ClNO2. The number of carbonyl (C=O) groups excluding carboxylic acids is 1. The molecule has 0 aliphatic rings. The second-order valence-corrected chi connectivity index (χ2v) is 5.72. The molecule has 1 aromatic rings. The van der Waals surface area contributed by atoms with Crippen LogP contribution < -0.4 is 5.32 Å². The van der Waals surface area contributed by atoms with Crippen LogP contribution in [0.15, 0.2) is 24.3 Å². The lowest BCUT2D eigenvalue weighted by Crippen LogP contribution is -2.32. The number of aryl methyl sites for hydroxylation is 1. The lowest BCUT2D eigenvalue weighted by atomic mass is 10.1. The number of rotatable bonds is 3. The summed E-state index contributed by atoms with van der Waals surface area (Å²) in [7, 11) is 0. The molecule has 4 heteroatoms. The molecule has 3 nitrogen and oxygen atoms in total. The Balaban J connectivity index is 2.47. The lowest BCUT2D eigenvalue weighted by Gasteiger charge is -2.19. The number of carbonyl (C=O) groups is 1. The number of alkyl carbamates (subject to hydrolysis) is 1. The van der Waals surface area contributed by atoms with E-state index in [4.69, 9.17) is 16.3 Å². The van der Waals surface area contributed by atoms with Gasteiger partial charge in [-0.2, -0.15) is 0 Å². The Kier molecular flexibility index (Phi) is 5.43. The Morgan fingerprint density at radius 1 is 1.42 bits per heavy atom. The van der Waals surface area contributed by atoms with E-state index in [2.05, 4.69) is 5.32 Å². The van der Waals surface area contributed by atoms with E-state index < -0.39 is 11.7 Å². The average molecular weight is 282 g/mol. The highest BCUT2D eigenvalue weighted by molar-refractivity contribution is 6.32. The first kappa shape index (κ1) is 15.6. The van der Waals surface area contributed by atoms with Crippen LogP contribution in [0.5, 0.6) is 0 Å². The van der Waals surface area contributed by atoms with Gasteiger partial charge in [-0.1, -0.05) is 41.4 Å². The first-order valence-corrected chi connectivity index (χ1v) is 6.55. The van der Waals surface area contributed by atoms with Crippen LogP contribution in [0.2, 0.25) is 5.02 Å². The van der Waals surface area contributed by atoms with Gasteiger partial charge in [-0.15, -0.1) is 0 Å². The van der Waals surface area contributed by atoms with Crippen molar-refractivity contribution in [2.45, 2.75) is 33.3 Å². The third-order valence-corrected chi connectivity index (χ3v) is 2.56. The highest BCUT2D eigenvalue weighted by atomic mass is 35.5. The summed E-state index contributed by atoms with van der Waals surface area (Å²) in [6.45, 7) is 7.89. The zero-order chi connectivity index (χ0) is 14.5. The van der Waals surface area contributed by atoms with Crippen molar-refractivity contribution in [1.82, 2.24) is 5.32 Å². The number of benzene rings is 1. The van der Waals surface area contributed by atoms with Crippen molar-refractivity contribution in [1.29, 1.82) is 0 Å². The van der Waals surface area contributed by atoms with Crippen LogP contribution in [0, 0.1) is 6.92 Å². The quantitative estimate of drug-likeness (QED) is 0.902. The Bertz CT molecular complexity index is 476. The molecule has 0 aliphatic carbocycles. The molecule has 0 radical (unpaired) electrons. The minimum Gasteiger partial charge on any atom is -0.444 e. The molecule has 1 rings (SSSR count). The van der Waals surface area contributed by atoms with Gasteiger partial charge in [0.05, 0.1) is 0 Å². The second-order valence-electron chi connectivity index (χ2n) is 5.31. The zero-order valence-corrected chi connectivity index (χ0v) is 12.5. The van der Waals surface area contributed by atoms with E-state index in [9.17, 15) is 4.79 Å². The van der Waals surface area contributed by atoms with Crippen LogP contribution >= 0.6 is 11.6 Å². The van der Waals surface area contributed by atoms with E-state index in [0.717, 1.165) is 11.1 Å². The van der Waals surface area contributed by atoms with Gasteiger partial charge in [0.15, 0.2) is 0 Å². The largest absolute Gasteiger partial charge is 0.444 e. The molecule has 0 aliphatic heterocycles. The van der Waals surface area contributed by atoms with Crippen LogP contribution in [0.1, 0.15) is 31.9 Å². The van der Waals surface area contributed by atoms with E-state index in [1.807, 2.05) is 58.0 Å². The second kappa shape index (κ2) is 6.62. The maximum Gasteiger partial charge on any atom is 0.407 e. The SMILES string of the molecule is Cc1ccc(Cl)c(C=CCNC(=O)OC(C)(C)C)c1. The summed E-state index contributed by atoms with van der Waals surface area (Å²) >= 11 is 6.06. The molecule has 0 saturated carbocycles. The summed E-state index contributed by atoms with van der Waals surface area (Å²) in [6, 6.07) is 5.81. The van der Waals surface area contributed by atoms with Crippen molar-refractivity contribution in [3.63, 3.8) is 0 Å². The fraction of sp³-hybridized carbons (Fsp3) is 0.400. The molecule has 0 atom stereocenters. The Hall–Kier alpha value is -1.48. The van der Waals surface area contributed by atoms with E-state index >= 15 is 0 Å². The first-order chi connectivity index (χ1) is 8.78. The van der Waals surface area contributed by atoms with Crippen molar-refractivity contribution < 1.29 is 9.53 Å². The zero-order valence-electron chi connectivity index (χ0n) is 11.8. The van der Waals surface area contributed by atoms with Gasteiger partial charge < -0.3 is 10.1 Å². The highest BCUT2D eigenvalue weighted by Crippen LogP contribution is 2.18. The summed E-state index contributed by atoms with van der Waals surface area (Å²) in [4.78, 5) is 11.4. The summed E-state index contributed by atoms with van der Waals surface area (Å²) in [6.07, 6.45) is 3.30. The standard InChI is InChI=1S/C15H20ClNO2/c1-11-7-8-13(16)12(10-11)6-5-9-17-14(18)19-15(2,3)4/h5-8,10H,9H2,1-4H3,(H,17,18). The van der Waals surface area contributed by atoms with Crippen LogP contribution in [-0.2, 0) is 4.74 Å². The third-order valence-electron chi connectivity index (χ3n) is 2.21. The van der Waals surface area contributed by atoms with Gasteiger partial charge in [0, 0.05) is 11.6 Å². The summed E-state index contributed by atoms with van der Waals surface area (Å²) < 4.78 is 5.12. The fourth-order valence-electron chi connectivity index (χ4n) is 1.43. The number of nitrogens with one attached hydrogen (secondary N) is 1. The van der Waals surface area contributed by atoms with Gasteiger partial charge in [-0.05, 0) is 39.3 Å². The smallest absolute Gasteiger partial charge is 0.407 e. The first-order valence-electron chi connectivity index (χ1n) is 6.17. The normalized spacial score (nSPS) is 11.6. The van der Waals surface area contributed by atoms with Crippen molar-refractivity contribution >= 4 is 23.8 Å². The maximum atomic E-state index is 11.4. The molecule has 19 heavy (non-hydrogen) atoms. The Labute approximate surface area is 119 Å². The Morgan fingerprint density at radius 3 is 2.74 bits per heavy atom. The molecule has 0 aromatic heterocycles. The van der Waals surface area contributed by atoms with Gasteiger partial charge in [-0.25, -0.2) is 4.79 Å². The predicted octanol–water partition coefficient (Wildman–Crippen LogP) is 4.19. The molecular weight excluding hydrogens is 262 g/mol. The summed E-state index contributed by atoms with van der Waals surface area (Å²) in [5, 5.41) is 3.35. The molecule has 0 bridgehead atoms. The number of hydrogen-bond donors (Lipinski definition) is 1. The minimum atomic E-state index is -0.479. The van der Waals surface area contributed by atoms with Crippen LogP contribution in [0.4, 0.5) is 4.79 Å². The molecule has 104 valence electrons. The van der Waals surface area contributed by atoms with E-state index in [1.165, 1.54) is 0 Å². The average Bonchev–Trinajstić information content (AvgIpc) is 2.26. The summed E-state index contributed by atoms with van der Waals surface area (Å²) in [5.74, 6) is 0. The molecule has 0 saturated heterocycles. The molecule has 1 amide bonds. The lowest BCUT2D eigenvalue weighted by molar-refractivity contribution is 0.0534. The van der Waals surface area contributed by atoms with Gasteiger partial charge >= 0.3 is 6.09 Å². The van der Waals surface area contributed by atoms with Crippen molar-refractivity contribution in [3.8, 4) is 0 Å².